The van der Waals surface area contributed by atoms with Crippen molar-refractivity contribution < 1.29 is 28.2 Å². The second-order valence-electron chi connectivity index (χ2n) is 7.55. The molecule has 2 aliphatic rings. The summed E-state index contributed by atoms with van der Waals surface area (Å²) in [5.41, 5.74) is -1.09. The number of hydrogen-bond acceptors (Lipinski definition) is 4. The van der Waals surface area contributed by atoms with Gasteiger partial charge in [-0.3, -0.25) is 4.79 Å². The minimum Gasteiger partial charge on any atom is -0.477 e. The highest BCUT2D eigenvalue weighted by atomic mass is 35.5. The van der Waals surface area contributed by atoms with Crippen molar-refractivity contribution >= 4 is 34.2 Å². The van der Waals surface area contributed by atoms with Crippen LogP contribution in [0.2, 0.25) is 5.02 Å². The van der Waals surface area contributed by atoms with E-state index in [1.807, 2.05) is 0 Å². The largest absolute Gasteiger partial charge is 0.477 e. The number of aliphatic hydroxyl groups is 1. The SMILES string of the molecule is O=C(O)c1cn(C2CC2)c2c(Cl)c(N3CC[C@@H](C(O)C(F)F)C3)c(F)cc2c1=O. The number of carboxylic acid groups (broad SMARTS) is 1. The molecule has 2 aromatic rings. The molecule has 1 aromatic heterocycles. The van der Waals surface area contributed by atoms with Gasteiger partial charge in [0.2, 0.25) is 5.43 Å². The fourth-order valence-electron chi connectivity index (χ4n) is 3.99. The molecule has 1 saturated heterocycles. The van der Waals surface area contributed by atoms with Crippen molar-refractivity contribution in [2.45, 2.75) is 37.8 Å². The Morgan fingerprint density at radius 2 is 1.97 bits per heavy atom. The van der Waals surface area contributed by atoms with Crippen molar-refractivity contribution in [1.82, 2.24) is 4.57 Å². The number of anilines is 1. The number of aliphatic hydroxyl groups excluding tert-OH is 1. The third-order valence-corrected chi connectivity index (χ3v) is 5.99. The molecule has 6 nitrogen and oxygen atoms in total. The van der Waals surface area contributed by atoms with Crippen LogP contribution in [0.4, 0.5) is 18.9 Å². The normalized spacial score (nSPS) is 20.6. The molecule has 2 fully saturated rings. The first-order valence-corrected chi connectivity index (χ1v) is 9.59. The lowest BCUT2D eigenvalue weighted by molar-refractivity contribution is -0.0334. The van der Waals surface area contributed by atoms with Crippen LogP contribution in [0.15, 0.2) is 17.1 Å². The molecule has 1 aromatic carbocycles. The van der Waals surface area contributed by atoms with Gasteiger partial charge >= 0.3 is 5.97 Å². The molecule has 0 spiro atoms. The van der Waals surface area contributed by atoms with Crippen molar-refractivity contribution in [3.05, 3.63) is 38.9 Å². The summed E-state index contributed by atoms with van der Waals surface area (Å²) in [5.74, 6) is -2.98. The van der Waals surface area contributed by atoms with Crippen LogP contribution in [-0.4, -0.2) is 46.4 Å². The molecule has 1 aliphatic heterocycles. The Labute approximate surface area is 168 Å². The van der Waals surface area contributed by atoms with Gasteiger partial charge in [-0.2, -0.15) is 0 Å². The number of benzene rings is 1. The lowest BCUT2D eigenvalue weighted by Gasteiger charge is -2.24. The maximum absolute atomic E-state index is 14.9. The van der Waals surface area contributed by atoms with Crippen LogP contribution in [-0.2, 0) is 0 Å². The summed E-state index contributed by atoms with van der Waals surface area (Å²) in [5, 5.41) is 18.8. The van der Waals surface area contributed by atoms with E-state index < -0.39 is 41.2 Å². The van der Waals surface area contributed by atoms with Gasteiger partial charge < -0.3 is 19.7 Å². The molecule has 0 radical (unpaired) electrons. The summed E-state index contributed by atoms with van der Waals surface area (Å²) in [7, 11) is 0. The van der Waals surface area contributed by atoms with Crippen LogP contribution in [0.3, 0.4) is 0 Å². The zero-order chi connectivity index (χ0) is 21.0. The molecule has 1 unspecified atom stereocenters. The number of carbonyl (C=O) groups is 1. The van der Waals surface area contributed by atoms with Crippen molar-refractivity contribution in [3.8, 4) is 0 Å². The Balaban J connectivity index is 1.85. The first-order chi connectivity index (χ1) is 13.7. The van der Waals surface area contributed by atoms with Gasteiger partial charge in [0, 0.05) is 31.2 Å². The van der Waals surface area contributed by atoms with E-state index in [4.69, 9.17) is 11.6 Å². The molecule has 2 atom stereocenters. The highest BCUT2D eigenvalue weighted by Gasteiger charge is 2.36. The van der Waals surface area contributed by atoms with Gasteiger partial charge in [-0.1, -0.05) is 11.6 Å². The Morgan fingerprint density at radius 1 is 1.28 bits per heavy atom. The zero-order valence-corrected chi connectivity index (χ0v) is 15.9. The molecule has 1 saturated carbocycles. The minimum absolute atomic E-state index is 0.00543. The summed E-state index contributed by atoms with van der Waals surface area (Å²) >= 11 is 6.50. The van der Waals surface area contributed by atoms with E-state index in [2.05, 4.69) is 0 Å². The van der Waals surface area contributed by atoms with E-state index in [9.17, 15) is 33.0 Å². The standard InChI is InChI=1S/C19H18ClF3N2O4/c20-13-14-10(17(27)11(19(28)29)7-25(14)9-1-2-9)5-12(21)15(13)24-4-3-8(6-24)16(26)18(22)23/h5,7-9,16,18,26H,1-4,6H2,(H,28,29)/t8-,16?/m1/s1. The predicted octanol–water partition coefficient (Wildman–Crippen LogP) is 3.28. The third kappa shape index (κ3) is 3.36. The maximum atomic E-state index is 14.9. The minimum atomic E-state index is -2.90. The van der Waals surface area contributed by atoms with Crippen LogP contribution in [0.25, 0.3) is 10.9 Å². The Bertz CT molecular complexity index is 1050. The highest BCUT2D eigenvalue weighted by Crippen LogP contribution is 2.43. The van der Waals surface area contributed by atoms with E-state index in [0.29, 0.717) is 0 Å². The van der Waals surface area contributed by atoms with Crippen molar-refractivity contribution in [2.24, 2.45) is 5.92 Å². The van der Waals surface area contributed by atoms with Gasteiger partial charge in [0.1, 0.15) is 17.5 Å². The Morgan fingerprint density at radius 3 is 2.55 bits per heavy atom. The van der Waals surface area contributed by atoms with E-state index in [-0.39, 0.29) is 47.2 Å². The summed E-state index contributed by atoms with van der Waals surface area (Å²) in [4.78, 5) is 25.5. The van der Waals surface area contributed by atoms with E-state index in [1.165, 1.54) is 11.1 Å². The van der Waals surface area contributed by atoms with Crippen molar-refractivity contribution in [3.63, 3.8) is 0 Å². The third-order valence-electron chi connectivity index (χ3n) is 5.64. The Hall–Kier alpha value is -2.26. The number of pyridine rings is 1. The molecule has 4 rings (SSSR count). The first-order valence-electron chi connectivity index (χ1n) is 9.22. The molecule has 0 amide bonds. The summed E-state index contributed by atoms with van der Waals surface area (Å²) in [6, 6.07) is 0.917. The number of nitrogens with zero attached hydrogens (tertiary/aromatic N) is 2. The van der Waals surface area contributed by atoms with Crippen molar-refractivity contribution in [2.75, 3.05) is 18.0 Å². The van der Waals surface area contributed by atoms with E-state index in [0.717, 1.165) is 18.9 Å². The first kappa shape index (κ1) is 20.0. The summed E-state index contributed by atoms with van der Waals surface area (Å²) in [6.45, 7) is 0.214. The lowest BCUT2D eigenvalue weighted by atomic mass is 10.0. The summed E-state index contributed by atoms with van der Waals surface area (Å²) < 4.78 is 42.2. The van der Waals surface area contributed by atoms with E-state index >= 15 is 0 Å². The summed E-state index contributed by atoms with van der Waals surface area (Å²) in [6.07, 6.45) is -1.70. The number of halogens is 4. The average molecular weight is 431 g/mol. The fraction of sp³-hybridized carbons (Fsp3) is 0.474. The molecule has 1 aliphatic carbocycles. The molecule has 10 heteroatoms. The van der Waals surface area contributed by atoms with Crippen LogP contribution < -0.4 is 10.3 Å². The molecular formula is C19H18ClF3N2O4. The topological polar surface area (TPSA) is 82.8 Å². The van der Waals surface area contributed by atoms with Crippen LogP contribution >= 0.6 is 11.6 Å². The monoisotopic (exact) mass is 430 g/mol. The molecule has 156 valence electrons. The number of aromatic carboxylic acids is 1. The smallest absolute Gasteiger partial charge is 0.341 e. The zero-order valence-electron chi connectivity index (χ0n) is 15.1. The van der Waals surface area contributed by atoms with Gasteiger partial charge in [0.05, 0.1) is 21.6 Å². The maximum Gasteiger partial charge on any atom is 0.341 e. The van der Waals surface area contributed by atoms with Gasteiger partial charge in [0.15, 0.2) is 0 Å². The average Bonchev–Trinajstić information content (AvgIpc) is 3.39. The predicted molar refractivity (Wildman–Crippen MR) is 101 cm³/mol. The number of carboxylic acids is 1. The number of aromatic nitrogens is 1. The van der Waals surface area contributed by atoms with E-state index in [1.54, 1.807) is 4.57 Å². The van der Waals surface area contributed by atoms with Crippen LogP contribution in [0.1, 0.15) is 35.7 Å². The number of hydrogen-bond donors (Lipinski definition) is 2. The molecule has 0 bridgehead atoms. The number of fused-ring (bicyclic) bond motifs is 1. The highest BCUT2D eigenvalue weighted by molar-refractivity contribution is 6.38. The molecule has 2 heterocycles. The molecular weight excluding hydrogens is 413 g/mol. The van der Waals surface area contributed by atoms with Crippen molar-refractivity contribution in [1.29, 1.82) is 0 Å². The second kappa shape index (κ2) is 7.21. The fourth-order valence-corrected chi connectivity index (χ4v) is 4.40. The second-order valence-corrected chi connectivity index (χ2v) is 7.93. The molecule has 29 heavy (non-hydrogen) atoms. The van der Waals surface area contributed by atoms with Gasteiger partial charge in [0.25, 0.3) is 6.43 Å². The lowest BCUT2D eigenvalue weighted by Crippen LogP contribution is -2.31. The number of rotatable bonds is 5. The van der Waals surface area contributed by atoms with Gasteiger partial charge in [-0.15, -0.1) is 0 Å². The quantitative estimate of drug-likeness (QED) is 0.760. The number of alkyl halides is 2. The van der Waals surface area contributed by atoms with Crippen LogP contribution in [0, 0.1) is 11.7 Å². The van der Waals surface area contributed by atoms with Gasteiger partial charge in [-0.05, 0) is 25.3 Å². The van der Waals surface area contributed by atoms with Gasteiger partial charge in [-0.25, -0.2) is 18.0 Å². The molecule has 2 N–H and O–H groups in total. The van der Waals surface area contributed by atoms with Crippen LogP contribution in [0.5, 0.6) is 0 Å². The Kier molecular flexibility index (Phi) is 4.98.